The van der Waals surface area contributed by atoms with E-state index in [1.807, 2.05) is 25.5 Å². The maximum Gasteiger partial charge on any atom is 0.138 e. The van der Waals surface area contributed by atoms with E-state index in [4.69, 9.17) is 10.5 Å². The van der Waals surface area contributed by atoms with Gasteiger partial charge in [0.2, 0.25) is 0 Å². The molecule has 96 valence electrons. The Bertz CT molecular complexity index is 463. The van der Waals surface area contributed by atoms with Crippen LogP contribution in [0.4, 0.5) is 5.69 Å². The summed E-state index contributed by atoms with van der Waals surface area (Å²) in [4.78, 5) is 0.662. The molecule has 1 aromatic rings. The van der Waals surface area contributed by atoms with Gasteiger partial charge in [0.1, 0.15) is 5.75 Å². The second-order valence-electron chi connectivity index (χ2n) is 3.81. The molecular weight excluding hydrogens is 355 g/mol. The molecule has 1 heterocycles. The molecule has 2 rings (SSSR count). The van der Waals surface area contributed by atoms with E-state index in [1.165, 1.54) is 6.07 Å². The molecule has 17 heavy (non-hydrogen) atoms. The number of thiol groups is 1. The van der Waals surface area contributed by atoms with Gasteiger partial charge in [0, 0.05) is 46.5 Å². The van der Waals surface area contributed by atoms with E-state index in [0.717, 1.165) is 0 Å². The van der Waals surface area contributed by atoms with Gasteiger partial charge in [-0.15, -0.1) is 0 Å². The van der Waals surface area contributed by atoms with Gasteiger partial charge in [-0.2, -0.15) is 0 Å². The van der Waals surface area contributed by atoms with Crippen molar-refractivity contribution in [2.45, 2.75) is 4.90 Å². The Kier molecular flexibility index (Phi) is 3.91. The Morgan fingerprint density at radius 2 is 2.06 bits per heavy atom. The van der Waals surface area contributed by atoms with E-state index in [9.17, 15) is 9.32 Å². The maximum absolute atomic E-state index is 12.8. The Balaban J connectivity index is 2.29. The van der Waals surface area contributed by atoms with E-state index < -0.39 is 7.29 Å². The molecule has 1 saturated heterocycles. The van der Waals surface area contributed by atoms with Gasteiger partial charge in [-0.05, 0) is 18.2 Å². The number of morpholine rings is 1. The van der Waals surface area contributed by atoms with Crippen molar-refractivity contribution in [1.82, 2.24) is 4.31 Å². The maximum atomic E-state index is 12.8. The number of nitrogens with zero attached hydrogens (tertiary/aromatic N) is 1. The standard InChI is InChI=1S/C10H15IN2O3S/c11-17(15,13-3-5-16-6-4-13)8-1-2-10(14)9(12)7-8/h1-2,7,14,17H,3-6,12H2. The average Bonchev–Trinajstić information content (AvgIpc) is 2.33. The Morgan fingerprint density at radius 1 is 1.41 bits per heavy atom. The summed E-state index contributed by atoms with van der Waals surface area (Å²) in [5.74, 6) is 0.0205. The number of phenols is 1. The zero-order valence-corrected chi connectivity index (χ0v) is 12.2. The molecule has 0 spiro atoms. The fraction of sp³-hybridized carbons (Fsp3) is 0.400. The Morgan fingerprint density at radius 3 is 2.65 bits per heavy atom. The number of phenolic OH excluding ortho intramolecular Hbond substituents is 1. The van der Waals surface area contributed by atoms with Crippen LogP contribution in [0.5, 0.6) is 5.75 Å². The molecule has 1 aromatic carbocycles. The zero-order valence-electron chi connectivity index (χ0n) is 9.17. The van der Waals surface area contributed by atoms with Crippen LogP contribution in [-0.2, 0) is 12.0 Å². The highest BCUT2D eigenvalue weighted by Gasteiger charge is 2.25. The molecule has 3 N–H and O–H groups in total. The number of nitrogen functional groups attached to an aromatic ring is 1. The van der Waals surface area contributed by atoms with Crippen LogP contribution in [0.25, 0.3) is 0 Å². The summed E-state index contributed by atoms with van der Waals surface area (Å²) in [5, 5.41) is 9.37. The van der Waals surface area contributed by atoms with Crippen LogP contribution in [-0.4, -0.2) is 39.9 Å². The number of halogens is 1. The van der Waals surface area contributed by atoms with Crippen LogP contribution < -0.4 is 5.73 Å². The van der Waals surface area contributed by atoms with Crippen LogP contribution >= 0.6 is 21.2 Å². The van der Waals surface area contributed by atoms with Crippen molar-refractivity contribution in [3.05, 3.63) is 18.2 Å². The number of anilines is 1. The van der Waals surface area contributed by atoms with Crippen LogP contribution in [0, 0.1) is 0 Å². The number of rotatable bonds is 2. The number of hydrogen-bond donors (Lipinski definition) is 3. The monoisotopic (exact) mass is 370 g/mol. The van der Waals surface area contributed by atoms with E-state index >= 15 is 0 Å². The molecule has 0 radical (unpaired) electrons. The summed E-state index contributed by atoms with van der Waals surface area (Å²) < 4.78 is 19.9. The fourth-order valence-corrected chi connectivity index (χ4v) is 5.44. The molecule has 0 amide bonds. The van der Waals surface area contributed by atoms with Gasteiger partial charge < -0.3 is 15.6 Å². The minimum absolute atomic E-state index is 0.0205. The minimum atomic E-state index is -2.63. The molecule has 0 aliphatic carbocycles. The van der Waals surface area contributed by atoms with Crippen molar-refractivity contribution < 1.29 is 14.1 Å². The van der Waals surface area contributed by atoms with Crippen LogP contribution in [0.1, 0.15) is 0 Å². The number of ether oxygens (including phenoxy) is 1. The van der Waals surface area contributed by atoms with Gasteiger partial charge in [-0.25, -0.2) is 4.31 Å². The normalized spacial score (nSPS) is 19.1. The molecular formula is C10H15IN2O3S. The van der Waals surface area contributed by atoms with Crippen molar-refractivity contribution in [2.24, 2.45) is 0 Å². The second kappa shape index (κ2) is 5.09. The topological polar surface area (TPSA) is 75.8 Å². The van der Waals surface area contributed by atoms with Gasteiger partial charge in [0.15, 0.2) is 0 Å². The molecule has 1 fully saturated rings. The van der Waals surface area contributed by atoms with Crippen LogP contribution in [0.15, 0.2) is 23.1 Å². The van der Waals surface area contributed by atoms with Crippen molar-refractivity contribution in [3.63, 3.8) is 0 Å². The number of benzene rings is 1. The first-order valence-corrected chi connectivity index (χ1v) is 9.68. The quantitative estimate of drug-likeness (QED) is 0.238. The van der Waals surface area contributed by atoms with Crippen molar-refractivity contribution in [3.8, 4) is 5.75 Å². The van der Waals surface area contributed by atoms with Crippen molar-refractivity contribution in [2.75, 3.05) is 32.0 Å². The summed E-state index contributed by atoms with van der Waals surface area (Å²) in [6.45, 7) is 2.50. The van der Waals surface area contributed by atoms with Gasteiger partial charge in [-0.3, -0.25) is 4.21 Å². The molecule has 0 aromatic heterocycles. The zero-order chi connectivity index (χ0) is 12.5. The lowest BCUT2D eigenvalue weighted by Crippen LogP contribution is -2.41. The summed E-state index contributed by atoms with van der Waals surface area (Å²) in [7, 11) is -2.63. The van der Waals surface area contributed by atoms with Gasteiger partial charge in [-0.1, -0.05) is 0 Å². The van der Waals surface area contributed by atoms with Crippen LogP contribution in [0.2, 0.25) is 0 Å². The highest BCUT2D eigenvalue weighted by Crippen LogP contribution is 2.34. The van der Waals surface area contributed by atoms with E-state index in [0.29, 0.717) is 31.2 Å². The highest BCUT2D eigenvalue weighted by atomic mass is 127. The summed E-state index contributed by atoms with van der Waals surface area (Å²) in [5.41, 5.74) is 5.89. The third kappa shape index (κ3) is 2.72. The minimum Gasteiger partial charge on any atom is -0.506 e. The molecule has 0 bridgehead atoms. The van der Waals surface area contributed by atoms with Gasteiger partial charge >= 0.3 is 0 Å². The van der Waals surface area contributed by atoms with Gasteiger partial charge in [0.05, 0.1) is 18.9 Å². The lowest BCUT2D eigenvalue weighted by Gasteiger charge is -2.34. The SMILES string of the molecule is Nc1cc([SH](=O)(I)N2CCOCC2)ccc1O. The van der Waals surface area contributed by atoms with E-state index in [-0.39, 0.29) is 11.4 Å². The molecule has 5 nitrogen and oxygen atoms in total. The molecule has 0 atom stereocenters. The predicted molar refractivity (Wildman–Crippen MR) is 76.7 cm³/mol. The summed E-state index contributed by atoms with van der Waals surface area (Å²) >= 11 is 1.98. The third-order valence-corrected chi connectivity index (χ3v) is 8.23. The fourth-order valence-electron chi connectivity index (χ4n) is 1.69. The first kappa shape index (κ1) is 13.1. The lowest BCUT2D eigenvalue weighted by atomic mass is 10.3. The Hall–Kier alpha value is -0.380. The van der Waals surface area contributed by atoms with Gasteiger partial charge in [0.25, 0.3) is 0 Å². The molecule has 1 aliphatic rings. The summed E-state index contributed by atoms with van der Waals surface area (Å²) in [6, 6.07) is 4.73. The van der Waals surface area contributed by atoms with E-state index in [2.05, 4.69) is 0 Å². The Labute approximate surface area is 113 Å². The lowest BCUT2D eigenvalue weighted by molar-refractivity contribution is 0.0750. The first-order valence-electron chi connectivity index (χ1n) is 5.24. The largest absolute Gasteiger partial charge is 0.506 e. The first-order chi connectivity index (χ1) is 8.01. The molecule has 1 aliphatic heterocycles. The third-order valence-electron chi connectivity index (χ3n) is 2.68. The highest BCUT2D eigenvalue weighted by molar-refractivity contribution is 14.2. The second-order valence-corrected chi connectivity index (χ2v) is 9.82. The van der Waals surface area contributed by atoms with Crippen LogP contribution in [0.3, 0.4) is 0 Å². The van der Waals surface area contributed by atoms with E-state index in [1.54, 1.807) is 12.1 Å². The summed E-state index contributed by atoms with van der Waals surface area (Å²) in [6.07, 6.45) is 0. The smallest absolute Gasteiger partial charge is 0.138 e. The predicted octanol–water partition coefficient (Wildman–Crippen LogP) is 0.947. The molecule has 0 unspecified atom stereocenters. The number of nitrogens with two attached hydrogens (primary N) is 1. The average molecular weight is 370 g/mol. The van der Waals surface area contributed by atoms with Crippen molar-refractivity contribution >= 4 is 34.2 Å². The van der Waals surface area contributed by atoms with Crippen molar-refractivity contribution in [1.29, 1.82) is 0 Å². The number of aromatic hydroxyl groups is 1. The number of hydrogen-bond acceptors (Lipinski definition) is 4. The molecule has 0 saturated carbocycles. The molecule has 7 heteroatoms.